The first-order chi connectivity index (χ1) is 9.19. The SMILES string of the molecule is CCN1Cc2c(cc(C)cc2[C@@H]2CCCN2)CC1=O. The highest BCUT2D eigenvalue weighted by atomic mass is 16.2. The summed E-state index contributed by atoms with van der Waals surface area (Å²) >= 11 is 0. The molecule has 3 nitrogen and oxygen atoms in total. The molecule has 2 aliphatic rings. The summed E-state index contributed by atoms with van der Waals surface area (Å²) < 4.78 is 0. The van der Waals surface area contributed by atoms with Crippen LogP contribution < -0.4 is 5.32 Å². The summed E-state index contributed by atoms with van der Waals surface area (Å²) in [5.74, 6) is 0.269. The second-order valence-electron chi connectivity index (χ2n) is 5.73. The maximum absolute atomic E-state index is 12.0. The number of hydrogen-bond donors (Lipinski definition) is 1. The van der Waals surface area contributed by atoms with Crippen molar-refractivity contribution in [2.45, 2.75) is 45.7 Å². The summed E-state index contributed by atoms with van der Waals surface area (Å²) in [5, 5.41) is 3.59. The lowest BCUT2D eigenvalue weighted by molar-refractivity contribution is -0.131. The van der Waals surface area contributed by atoms with Gasteiger partial charge >= 0.3 is 0 Å². The molecule has 0 aliphatic carbocycles. The Morgan fingerprint density at radius 3 is 2.95 bits per heavy atom. The van der Waals surface area contributed by atoms with Gasteiger partial charge in [0.15, 0.2) is 0 Å². The highest BCUT2D eigenvalue weighted by Gasteiger charge is 2.27. The van der Waals surface area contributed by atoms with Gasteiger partial charge in [-0.3, -0.25) is 4.79 Å². The summed E-state index contributed by atoms with van der Waals surface area (Å²) in [7, 11) is 0. The van der Waals surface area contributed by atoms with E-state index in [1.54, 1.807) is 0 Å². The van der Waals surface area contributed by atoms with E-state index in [4.69, 9.17) is 0 Å². The highest BCUT2D eigenvalue weighted by Crippen LogP contribution is 2.32. The van der Waals surface area contributed by atoms with E-state index in [9.17, 15) is 4.79 Å². The predicted octanol–water partition coefficient (Wildman–Crippen LogP) is 2.32. The molecule has 1 aromatic rings. The first-order valence-corrected chi connectivity index (χ1v) is 7.32. The van der Waals surface area contributed by atoms with Gasteiger partial charge in [0.05, 0.1) is 6.42 Å². The van der Waals surface area contributed by atoms with Crippen LogP contribution >= 0.6 is 0 Å². The third kappa shape index (κ3) is 2.27. The smallest absolute Gasteiger partial charge is 0.227 e. The van der Waals surface area contributed by atoms with E-state index in [1.165, 1.54) is 35.1 Å². The molecule has 0 spiro atoms. The van der Waals surface area contributed by atoms with Gasteiger partial charge in [0, 0.05) is 19.1 Å². The average Bonchev–Trinajstić information content (AvgIpc) is 2.90. The van der Waals surface area contributed by atoms with Gasteiger partial charge in [-0.25, -0.2) is 0 Å². The summed E-state index contributed by atoms with van der Waals surface area (Å²) in [5.41, 5.74) is 5.35. The molecule has 1 amide bonds. The molecule has 0 unspecified atom stereocenters. The molecule has 102 valence electrons. The van der Waals surface area contributed by atoms with Crippen molar-refractivity contribution in [1.29, 1.82) is 0 Å². The van der Waals surface area contributed by atoms with Crippen molar-refractivity contribution in [3.8, 4) is 0 Å². The monoisotopic (exact) mass is 258 g/mol. The van der Waals surface area contributed by atoms with Crippen LogP contribution in [0.2, 0.25) is 0 Å². The number of hydrogen-bond acceptors (Lipinski definition) is 2. The van der Waals surface area contributed by atoms with Crippen molar-refractivity contribution in [2.24, 2.45) is 0 Å². The van der Waals surface area contributed by atoms with Gasteiger partial charge in [0.1, 0.15) is 0 Å². The van der Waals surface area contributed by atoms with E-state index in [0.29, 0.717) is 12.5 Å². The minimum absolute atomic E-state index is 0.269. The largest absolute Gasteiger partial charge is 0.338 e. The van der Waals surface area contributed by atoms with Gasteiger partial charge in [-0.15, -0.1) is 0 Å². The Morgan fingerprint density at radius 2 is 2.26 bits per heavy atom. The molecule has 3 heteroatoms. The second-order valence-corrected chi connectivity index (χ2v) is 5.73. The number of carbonyl (C=O) groups is 1. The Hall–Kier alpha value is -1.35. The fourth-order valence-corrected chi connectivity index (χ4v) is 3.37. The number of carbonyl (C=O) groups excluding carboxylic acids is 1. The predicted molar refractivity (Wildman–Crippen MR) is 76.0 cm³/mol. The minimum Gasteiger partial charge on any atom is -0.338 e. The zero-order chi connectivity index (χ0) is 13.4. The first-order valence-electron chi connectivity index (χ1n) is 7.32. The quantitative estimate of drug-likeness (QED) is 0.883. The van der Waals surface area contributed by atoms with Crippen LogP contribution in [0.3, 0.4) is 0 Å². The number of likely N-dealkylation sites (N-methyl/N-ethyl adjacent to an activating group) is 1. The second kappa shape index (κ2) is 4.97. The van der Waals surface area contributed by atoms with E-state index < -0.39 is 0 Å². The lowest BCUT2D eigenvalue weighted by Gasteiger charge is -2.31. The molecule has 3 rings (SSSR count). The number of rotatable bonds is 2. The van der Waals surface area contributed by atoms with Gasteiger partial charge < -0.3 is 10.2 Å². The lowest BCUT2D eigenvalue weighted by Crippen LogP contribution is -2.37. The minimum atomic E-state index is 0.269. The van der Waals surface area contributed by atoms with Gasteiger partial charge in [0.25, 0.3) is 0 Å². The van der Waals surface area contributed by atoms with Crippen molar-refractivity contribution in [1.82, 2.24) is 10.2 Å². The Morgan fingerprint density at radius 1 is 1.42 bits per heavy atom. The van der Waals surface area contributed by atoms with Crippen LogP contribution in [0.25, 0.3) is 0 Å². The first kappa shape index (κ1) is 12.7. The number of amides is 1. The third-order valence-electron chi connectivity index (χ3n) is 4.38. The Kier molecular flexibility index (Phi) is 3.31. The standard InChI is InChI=1S/C16H22N2O/c1-3-18-10-14-12(9-16(18)19)7-11(2)8-13(14)15-5-4-6-17-15/h7-8,15,17H,3-6,9-10H2,1-2H3/t15-/m0/s1. The maximum Gasteiger partial charge on any atom is 0.227 e. The van der Waals surface area contributed by atoms with Gasteiger partial charge in [0.2, 0.25) is 5.91 Å². The van der Waals surface area contributed by atoms with Gasteiger partial charge in [-0.2, -0.15) is 0 Å². The number of aryl methyl sites for hydroxylation is 1. The molecule has 2 heterocycles. The number of fused-ring (bicyclic) bond motifs is 1. The molecule has 0 saturated carbocycles. The van der Waals surface area contributed by atoms with Crippen LogP contribution in [0, 0.1) is 6.92 Å². The molecule has 0 aromatic heterocycles. The Bertz CT molecular complexity index is 504. The number of benzene rings is 1. The van der Waals surface area contributed by atoms with Crippen molar-refractivity contribution in [3.05, 3.63) is 34.4 Å². The Balaban J connectivity index is 2.03. The van der Waals surface area contributed by atoms with Crippen LogP contribution in [-0.2, 0) is 17.8 Å². The van der Waals surface area contributed by atoms with Crippen LogP contribution in [0.15, 0.2) is 12.1 Å². The molecule has 2 aliphatic heterocycles. The fraction of sp³-hybridized carbons (Fsp3) is 0.562. The van der Waals surface area contributed by atoms with E-state index >= 15 is 0 Å². The zero-order valence-electron chi connectivity index (χ0n) is 11.8. The summed E-state index contributed by atoms with van der Waals surface area (Å²) in [6, 6.07) is 4.99. The van der Waals surface area contributed by atoms with Crippen molar-refractivity contribution < 1.29 is 4.79 Å². The summed E-state index contributed by atoms with van der Waals surface area (Å²) in [4.78, 5) is 14.0. The van der Waals surface area contributed by atoms with Crippen LogP contribution in [0.5, 0.6) is 0 Å². The van der Waals surface area contributed by atoms with E-state index in [1.807, 2.05) is 4.90 Å². The molecular weight excluding hydrogens is 236 g/mol. The molecule has 0 radical (unpaired) electrons. The highest BCUT2D eigenvalue weighted by molar-refractivity contribution is 5.81. The fourth-order valence-electron chi connectivity index (χ4n) is 3.37. The van der Waals surface area contributed by atoms with Crippen LogP contribution in [0.4, 0.5) is 0 Å². The molecule has 19 heavy (non-hydrogen) atoms. The molecule has 1 fully saturated rings. The average molecular weight is 258 g/mol. The molecule has 1 atom stereocenters. The topological polar surface area (TPSA) is 32.3 Å². The molecule has 0 bridgehead atoms. The van der Waals surface area contributed by atoms with Crippen LogP contribution in [0.1, 0.15) is 48.1 Å². The Labute approximate surface area is 115 Å². The van der Waals surface area contributed by atoms with Gasteiger partial charge in [-0.1, -0.05) is 17.7 Å². The number of nitrogens with zero attached hydrogens (tertiary/aromatic N) is 1. The zero-order valence-corrected chi connectivity index (χ0v) is 11.8. The van der Waals surface area contributed by atoms with Crippen molar-refractivity contribution in [3.63, 3.8) is 0 Å². The van der Waals surface area contributed by atoms with E-state index in [0.717, 1.165) is 19.6 Å². The third-order valence-corrected chi connectivity index (χ3v) is 4.38. The maximum atomic E-state index is 12.0. The van der Waals surface area contributed by atoms with Crippen molar-refractivity contribution in [2.75, 3.05) is 13.1 Å². The normalized spacial score (nSPS) is 22.7. The van der Waals surface area contributed by atoms with Crippen molar-refractivity contribution >= 4 is 5.91 Å². The molecule has 1 aromatic carbocycles. The van der Waals surface area contributed by atoms with Gasteiger partial charge in [-0.05, 0) is 49.9 Å². The number of nitrogens with one attached hydrogen (secondary N) is 1. The van der Waals surface area contributed by atoms with Crippen LogP contribution in [-0.4, -0.2) is 23.9 Å². The molecule has 1 saturated heterocycles. The summed E-state index contributed by atoms with van der Waals surface area (Å²) in [6.07, 6.45) is 3.05. The summed E-state index contributed by atoms with van der Waals surface area (Å²) in [6.45, 7) is 6.91. The van der Waals surface area contributed by atoms with E-state index in [2.05, 4.69) is 31.3 Å². The molecule has 1 N–H and O–H groups in total. The van der Waals surface area contributed by atoms with E-state index in [-0.39, 0.29) is 5.91 Å². The lowest BCUT2D eigenvalue weighted by atomic mass is 9.88. The molecular formula is C16H22N2O.